The number of anilines is 1. The Bertz CT molecular complexity index is 936. The second kappa shape index (κ2) is 8.80. The van der Waals surface area contributed by atoms with Crippen molar-refractivity contribution in [1.29, 1.82) is 0 Å². The molecule has 0 saturated carbocycles. The first kappa shape index (κ1) is 20.4. The van der Waals surface area contributed by atoms with E-state index in [2.05, 4.69) is 10.3 Å². The number of aromatic nitrogens is 1. The van der Waals surface area contributed by atoms with Gasteiger partial charge in [0, 0.05) is 31.6 Å². The summed E-state index contributed by atoms with van der Waals surface area (Å²) in [6, 6.07) is 9.42. The molecule has 1 saturated heterocycles. The van der Waals surface area contributed by atoms with Gasteiger partial charge in [0.05, 0.1) is 24.8 Å². The van der Waals surface area contributed by atoms with Gasteiger partial charge in [-0.2, -0.15) is 4.31 Å². The molecule has 1 N–H and O–H groups in total. The van der Waals surface area contributed by atoms with Gasteiger partial charge < -0.3 is 10.2 Å². The number of hydrogen-bond acceptors (Lipinski definition) is 6. The van der Waals surface area contributed by atoms with E-state index >= 15 is 0 Å². The Hall–Kier alpha value is -2.30. The SMILES string of the molecule is CS(=O)(=O)N1CCN(C(=O)Cc2csc(NC(=O)Cc3ccccc3)n2)CC1. The molecule has 1 fully saturated rings. The highest BCUT2D eigenvalue weighted by Crippen LogP contribution is 2.17. The predicted molar refractivity (Wildman–Crippen MR) is 108 cm³/mol. The molecule has 2 amide bonds. The van der Waals surface area contributed by atoms with Gasteiger partial charge >= 0.3 is 0 Å². The molecule has 0 atom stereocenters. The van der Waals surface area contributed by atoms with Crippen LogP contribution in [0, 0.1) is 0 Å². The zero-order chi connectivity index (χ0) is 20.1. The van der Waals surface area contributed by atoms with Gasteiger partial charge in [-0.1, -0.05) is 30.3 Å². The van der Waals surface area contributed by atoms with Crippen LogP contribution in [0.25, 0.3) is 0 Å². The van der Waals surface area contributed by atoms with Gasteiger partial charge in [0.25, 0.3) is 0 Å². The number of amides is 2. The number of rotatable bonds is 6. The third-order valence-corrected chi connectivity index (χ3v) is 6.51. The first-order chi connectivity index (χ1) is 13.3. The van der Waals surface area contributed by atoms with E-state index < -0.39 is 10.0 Å². The summed E-state index contributed by atoms with van der Waals surface area (Å²) >= 11 is 1.28. The van der Waals surface area contributed by atoms with Crippen molar-refractivity contribution in [2.24, 2.45) is 0 Å². The van der Waals surface area contributed by atoms with Crippen molar-refractivity contribution in [1.82, 2.24) is 14.2 Å². The molecule has 1 aliphatic heterocycles. The topological polar surface area (TPSA) is 99.7 Å². The molecule has 0 unspecified atom stereocenters. The Kier molecular flexibility index (Phi) is 6.42. The Balaban J connectivity index is 1.49. The van der Waals surface area contributed by atoms with Crippen LogP contribution < -0.4 is 5.32 Å². The lowest BCUT2D eigenvalue weighted by Crippen LogP contribution is -2.50. The maximum absolute atomic E-state index is 12.4. The minimum absolute atomic E-state index is 0.0967. The largest absolute Gasteiger partial charge is 0.340 e. The fourth-order valence-electron chi connectivity index (χ4n) is 2.93. The molecule has 1 aromatic heterocycles. The number of hydrogen-bond donors (Lipinski definition) is 1. The van der Waals surface area contributed by atoms with Crippen LogP contribution in [0.5, 0.6) is 0 Å². The maximum Gasteiger partial charge on any atom is 0.230 e. The molecule has 0 radical (unpaired) electrons. The van der Waals surface area contributed by atoms with Gasteiger partial charge in [0.15, 0.2) is 5.13 Å². The van der Waals surface area contributed by atoms with E-state index in [1.54, 1.807) is 10.3 Å². The van der Waals surface area contributed by atoms with Gasteiger partial charge in [-0.05, 0) is 5.56 Å². The van der Waals surface area contributed by atoms with Crippen LogP contribution in [-0.4, -0.2) is 66.9 Å². The van der Waals surface area contributed by atoms with Gasteiger partial charge in [0.1, 0.15) is 0 Å². The van der Waals surface area contributed by atoms with Crippen molar-refractivity contribution in [3.05, 3.63) is 47.0 Å². The molecule has 150 valence electrons. The fourth-order valence-corrected chi connectivity index (χ4v) is 4.48. The molecule has 0 bridgehead atoms. The van der Waals surface area contributed by atoms with Crippen molar-refractivity contribution in [3.8, 4) is 0 Å². The van der Waals surface area contributed by atoms with E-state index in [9.17, 15) is 18.0 Å². The summed E-state index contributed by atoms with van der Waals surface area (Å²) in [4.78, 5) is 30.5. The first-order valence-corrected chi connectivity index (χ1v) is 11.5. The monoisotopic (exact) mass is 422 g/mol. The summed E-state index contributed by atoms with van der Waals surface area (Å²) < 4.78 is 24.5. The molecule has 28 heavy (non-hydrogen) atoms. The Labute approximate surface area is 168 Å². The maximum atomic E-state index is 12.4. The molecule has 0 spiro atoms. The molecule has 1 aliphatic rings. The lowest BCUT2D eigenvalue weighted by molar-refractivity contribution is -0.131. The molecule has 2 heterocycles. The number of benzene rings is 1. The molecule has 2 aromatic rings. The summed E-state index contributed by atoms with van der Waals surface area (Å²) in [6.07, 6.45) is 1.57. The third kappa shape index (κ3) is 5.60. The minimum Gasteiger partial charge on any atom is -0.340 e. The summed E-state index contributed by atoms with van der Waals surface area (Å²) in [5.74, 6) is -0.254. The second-order valence-electron chi connectivity index (χ2n) is 6.57. The smallest absolute Gasteiger partial charge is 0.230 e. The quantitative estimate of drug-likeness (QED) is 0.748. The summed E-state index contributed by atoms with van der Waals surface area (Å²) in [5.41, 5.74) is 1.51. The van der Waals surface area contributed by atoms with Crippen LogP contribution in [0.15, 0.2) is 35.7 Å². The highest BCUT2D eigenvalue weighted by molar-refractivity contribution is 7.88. The van der Waals surface area contributed by atoms with E-state index in [-0.39, 0.29) is 24.7 Å². The summed E-state index contributed by atoms with van der Waals surface area (Å²) in [7, 11) is -3.22. The molecule has 3 rings (SSSR count). The van der Waals surface area contributed by atoms with Crippen LogP contribution in [0.4, 0.5) is 5.13 Å². The average molecular weight is 423 g/mol. The summed E-state index contributed by atoms with van der Waals surface area (Å²) in [6.45, 7) is 1.36. The second-order valence-corrected chi connectivity index (χ2v) is 9.41. The Morgan fingerprint density at radius 1 is 1.11 bits per heavy atom. The molecular weight excluding hydrogens is 400 g/mol. The van der Waals surface area contributed by atoms with Crippen molar-refractivity contribution in [2.75, 3.05) is 37.8 Å². The Morgan fingerprint density at radius 2 is 1.79 bits per heavy atom. The normalized spacial score (nSPS) is 15.4. The van der Waals surface area contributed by atoms with Gasteiger partial charge in [-0.15, -0.1) is 11.3 Å². The van der Waals surface area contributed by atoms with Gasteiger partial charge in [-0.3, -0.25) is 9.59 Å². The number of carbonyl (C=O) groups excluding carboxylic acids is 2. The van der Waals surface area contributed by atoms with Crippen LogP contribution in [0.3, 0.4) is 0 Å². The third-order valence-electron chi connectivity index (χ3n) is 4.40. The van der Waals surface area contributed by atoms with E-state index in [1.165, 1.54) is 21.9 Å². The molecule has 10 heteroatoms. The molecule has 8 nitrogen and oxygen atoms in total. The lowest BCUT2D eigenvalue weighted by Gasteiger charge is -2.33. The van der Waals surface area contributed by atoms with Gasteiger partial charge in [0.2, 0.25) is 21.8 Å². The van der Waals surface area contributed by atoms with Crippen molar-refractivity contribution >= 4 is 38.3 Å². The number of carbonyl (C=O) groups is 2. The number of nitrogens with zero attached hydrogens (tertiary/aromatic N) is 3. The van der Waals surface area contributed by atoms with Gasteiger partial charge in [-0.25, -0.2) is 13.4 Å². The van der Waals surface area contributed by atoms with Crippen molar-refractivity contribution in [3.63, 3.8) is 0 Å². The number of nitrogens with one attached hydrogen (secondary N) is 1. The van der Waals surface area contributed by atoms with E-state index in [1.807, 2.05) is 30.3 Å². The van der Waals surface area contributed by atoms with E-state index in [0.717, 1.165) is 5.56 Å². The fraction of sp³-hybridized carbons (Fsp3) is 0.389. The molecule has 0 aliphatic carbocycles. The zero-order valence-corrected chi connectivity index (χ0v) is 17.1. The van der Waals surface area contributed by atoms with Crippen LogP contribution in [-0.2, 0) is 32.5 Å². The highest BCUT2D eigenvalue weighted by atomic mass is 32.2. The zero-order valence-electron chi connectivity index (χ0n) is 15.5. The lowest BCUT2D eigenvalue weighted by atomic mass is 10.1. The average Bonchev–Trinajstić information content (AvgIpc) is 3.08. The molecule has 1 aromatic carbocycles. The number of thiazole rings is 1. The van der Waals surface area contributed by atoms with Crippen LogP contribution in [0.2, 0.25) is 0 Å². The van der Waals surface area contributed by atoms with E-state index in [4.69, 9.17) is 0 Å². The Morgan fingerprint density at radius 3 is 2.43 bits per heavy atom. The van der Waals surface area contributed by atoms with Crippen LogP contribution in [0.1, 0.15) is 11.3 Å². The summed E-state index contributed by atoms with van der Waals surface area (Å²) in [5, 5.41) is 4.97. The number of sulfonamides is 1. The van der Waals surface area contributed by atoms with Crippen LogP contribution >= 0.6 is 11.3 Å². The minimum atomic E-state index is -3.22. The van der Waals surface area contributed by atoms with Crippen molar-refractivity contribution < 1.29 is 18.0 Å². The van der Waals surface area contributed by atoms with Crippen molar-refractivity contribution in [2.45, 2.75) is 12.8 Å². The number of piperazine rings is 1. The predicted octanol–water partition coefficient (Wildman–Crippen LogP) is 0.971. The van der Waals surface area contributed by atoms with E-state index in [0.29, 0.717) is 37.0 Å². The first-order valence-electron chi connectivity index (χ1n) is 8.82. The molecular formula is C18H22N4O4S2. The highest BCUT2D eigenvalue weighted by Gasteiger charge is 2.26. The standard InChI is InChI=1S/C18H22N4O4S2/c1-28(25,26)22-9-7-21(8-10-22)17(24)12-15-13-27-18(19-15)20-16(23)11-14-5-3-2-4-6-14/h2-6,13H,7-12H2,1H3,(H,19,20,23).